The Morgan fingerprint density at radius 2 is 1.88 bits per heavy atom. The van der Waals surface area contributed by atoms with Crippen LogP contribution in [-0.4, -0.2) is 32.4 Å². The number of hydrogen-bond acceptors (Lipinski definition) is 6. The summed E-state index contributed by atoms with van der Waals surface area (Å²) in [4.78, 5) is 9.37. The second kappa shape index (κ2) is 9.61. The van der Waals surface area contributed by atoms with Gasteiger partial charge in [0.05, 0.1) is 11.9 Å². The average molecular weight is 445 g/mol. The SMILES string of the molecule is CSNc1cncc(-c2nc(NCC3CCCCC3)c3c(-c4ccccc4)ccn3n2)c1. The van der Waals surface area contributed by atoms with Crippen molar-refractivity contribution in [2.75, 3.05) is 22.8 Å². The Labute approximate surface area is 193 Å². The lowest BCUT2D eigenvalue weighted by molar-refractivity contribution is 0.373. The molecular weight excluding hydrogens is 416 g/mol. The molecule has 6 nitrogen and oxygen atoms in total. The second-order valence-electron chi connectivity index (χ2n) is 8.33. The first-order chi connectivity index (χ1) is 15.8. The minimum absolute atomic E-state index is 0.663. The minimum atomic E-state index is 0.663. The Balaban J connectivity index is 1.57. The zero-order chi connectivity index (χ0) is 21.8. The fourth-order valence-corrected chi connectivity index (χ4v) is 4.84. The normalized spacial score (nSPS) is 14.5. The van der Waals surface area contributed by atoms with Crippen LogP contribution in [0.5, 0.6) is 0 Å². The number of aromatic nitrogens is 4. The summed E-state index contributed by atoms with van der Waals surface area (Å²) in [6.07, 6.45) is 14.3. The van der Waals surface area contributed by atoms with Crippen molar-refractivity contribution in [2.45, 2.75) is 32.1 Å². The van der Waals surface area contributed by atoms with Crippen LogP contribution >= 0.6 is 11.9 Å². The predicted octanol–water partition coefficient (Wildman–Crippen LogP) is 6.14. The largest absolute Gasteiger partial charge is 0.368 e. The van der Waals surface area contributed by atoms with Crippen LogP contribution in [0.3, 0.4) is 0 Å². The van der Waals surface area contributed by atoms with Gasteiger partial charge in [-0.1, -0.05) is 61.5 Å². The molecule has 0 radical (unpaired) electrons. The number of pyridine rings is 1. The van der Waals surface area contributed by atoms with Gasteiger partial charge in [-0.3, -0.25) is 4.98 Å². The van der Waals surface area contributed by atoms with Gasteiger partial charge in [-0.25, -0.2) is 9.50 Å². The molecule has 0 spiro atoms. The molecule has 3 aromatic heterocycles. The molecule has 2 N–H and O–H groups in total. The molecule has 0 unspecified atom stereocenters. The van der Waals surface area contributed by atoms with Crippen LogP contribution in [0.1, 0.15) is 32.1 Å². The maximum Gasteiger partial charge on any atom is 0.183 e. The summed E-state index contributed by atoms with van der Waals surface area (Å²) in [5, 5.41) is 8.53. The van der Waals surface area contributed by atoms with Gasteiger partial charge >= 0.3 is 0 Å². The molecule has 0 saturated heterocycles. The van der Waals surface area contributed by atoms with Crippen LogP contribution in [-0.2, 0) is 0 Å². The van der Waals surface area contributed by atoms with Crippen molar-refractivity contribution < 1.29 is 0 Å². The summed E-state index contributed by atoms with van der Waals surface area (Å²) in [6, 6.07) is 14.6. The highest BCUT2D eigenvalue weighted by atomic mass is 32.2. The van der Waals surface area contributed by atoms with Gasteiger partial charge in [-0.15, -0.1) is 5.10 Å². The van der Waals surface area contributed by atoms with Crippen LogP contribution < -0.4 is 10.0 Å². The van der Waals surface area contributed by atoms with Crippen molar-refractivity contribution in [3.63, 3.8) is 0 Å². The maximum atomic E-state index is 5.00. The summed E-state index contributed by atoms with van der Waals surface area (Å²) >= 11 is 1.54. The first-order valence-corrected chi connectivity index (χ1v) is 12.5. The molecule has 7 heteroatoms. The Bertz CT molecular complexity index is 1180. The zero-order valence-electron chi connectivity index (χ0n) is 18.3. The number of rotatable bonds is 7. The summed E-state index contributed by atoms with van der Waals surface area (Å²) in [5.74, 6) is 2.25. The predicted molar refractivity (Wildman–Crippen MR) is 134 cm³/mol. The molecule has 5 rings (SSSR count). The monoisotopic (exact) mass is 444 g/mol. The quantitative estimate of drug-likeness (QED) is 0.334. The number of benzene rings is 1. The van der Waals surface area contributed by atoms with Crippen LogP contribution in [0.15, 0.2) is 61.1 Å². The van der Waals surface area contributed by atoms with Gasteiger partial charge in [-0.05, 0) is 36.5 Å². The third kappa shape index (κ3) is 4.43. The van der Waals surface area contributed by atoms with E-state index in [1.54, 1.807) is 11.9 Å². The molecule has 164 valence electrons. The Morgan fingerprint density at radius 1 is 1.03 bits per heavy atom. The molecule has 1 aliphatic carbocycles. The number of anilines is 2. The lowest BCUT2D eigenvalue weighted by Gasteiger charge is -2.22. The standard InChI is InChI=1S/C25H28N6S/c1-32-30-21-14-20(16-26-17-21)24-28-25(27-15-18-8-4-2-5-9-18)23-22(12-13-31(23)29-24)19-10-6-3-7-11-19/h3,6-7,10-14,16-18,30H,2,4-5,8-9,15H2,1H3,(H,27,28,29). The third-order valence-corrected chi connectivity index (χ3v) is 6.53. The molecule has 0 bridgehead atoms. The van der Waals surface area contributed by atoms with Gasteiger partial charge in [0, 0.05) is 36.3 Å². The molecule has 0 atom stereocenters. The third-order valence-electron chi connectivity index (χ3n) is 6.10. The number of nitrogens with zero attached hydrogens (tertiary/aromatic N) is 4. The van der Waals surface area contributed by atoms with Crippen molar-refractivity contribution in [3.05, 3.63) is 61.1 Å². The lowest BCUT2D eigenvalue weighted by atomic mass is 9.89. The van der Waals surface area contributed by atoms with Crippen LogP contribution in [0.25, 0.3) is 28.0 Å². The van der Waals surface area contributed by atoms with E-state index in [1.165, 1.54) is 37.7 Å². The number of nitrogens with one attached hydrogen (secondary N) is 2. The first-order valence-electron chi connectivity index (χ1n) is 11.2. The molecule has 1 saturated carbocycles. The van der Waals surface area contributed by atoms with Gasteiger partial charge in [0.2, 0.25) is 0 Å². The van der Waals surface area contributed by atoms with E-state index in [4.69, 9.17) is 10.1 Å². The Hall–Kier alpha value is -3.06. The Morgan fingerprint density at radius 3 is 2.69 bits per heavy atom. The van der Waals surface area contributed by atoms with E-state index in [0.29, 0.717) is 11.7 Å². The summed E-state index contributed by atoms with van der Waals surface area (Å²) in [7, 11) is 0. The number of hydrogen-bond donors (Lipinski definition) is 2. The van der Waals surface area contributed by atoms with E-state index < -0.39 is 0 Å². The molecule has 0 amide bonds. The topological polar surface area (TPSA) is 67.1 Å². The van der Waals surface area contributed by atoms with Crippen LogP contribution in [0.4, 0.5) is 11.5 Å². The van der Waals surface area contributed by atoms with Crippen molar-refractivity contribution in [2.24, 2.45) is 5.92 Å². The van der Waals surface area contributed by atoms with E-state index in [0.717, 1.165) is 34.7 Å². The average Bonchev–Trinajstić information content (AvgIpc) is 3.28. The van der Waals surface area contributed by atoms with Gasteiger partial charge in [0.25, 0.3) is 0 Å². The number of fused-ring (bicyclic) bond motifs is 1. The fraction of sp³-hybridized carbons (Fsp3) is 0.320. The summed E-state index contributed by atoms with van der Waals surface area (Å²) in [6.45, 7) is 0.942. The summed E-state index contributed by atoms with van der Waals surface area (Å²) in [5.41, 5.74) is 5.15. The lowest BCUT2D eigenvalue weighted by Crippen LogP contribution is -2.18. The molecule has 3 heterocycles. The first kappa shape index (κ1) is 20.8. The van der Waals surface area contributed by atoms with E-state index >= 15 is 0 Å². The molecule has 1 aliphatic rings. The van der Waals surface area contributed by atoms with Crippen molar-refractivity contribution in [3.8, 4) is 22.5 Å². The smallest absolute Gasteiger partial charge is 0.183 e. The van der Waals surface area contributed by atoms with Gasteiger partial charge in [-0.2, -0.15) is 0 Å². The fourth-order valence-electron chi connectivity index (χ4n) is 4.49. The molecule has 1 fully saturated rings. The molecule has 4 aromatic rings. The van der Waals surface area contributed by atoms with Gasteiger partial charge in [0.15, 0.2) is 11.6 Å². The molecule has 1 aromatic carbocycles. The van der Waals surface area contributed by atoms with Crippen molar-refractivity contribution in [1.82, 2.24) is 19.6 Å². The van der Waals surface area contributed by atoms with E-state index in [1.807, 2.05) is 41.5 Å². The molecule has 32 heavy (non-hydrogen) atoms. The van der Waals surface area contributed by atoms with Crippen molar-refractivity contribution >= 4 is 29.0 Å². The molecular formula is C25H28N6S. The maximum absolute atomic E-state index is 5.00. The van der Waals surface area contributed by atoms with Gasteiger partial charge < -0.3 is 10.0 Å². The van der Waals surface area contributed by atoms with E-state index in [9.17, 15) is 0 Å². The Kier molecular flexibility index (Phi) is 6.25. The zero-order valence-corrected chi connectivity index (χ0v) is 19.1. The molecule has 0 aliphatic heterocycles. The second-order valence-corrected chi connectivity index (χ2v) is 8.94. The highest BCUT2D eigenvalue weighted by Crippen LogP contribution is 2.32. The van der Waals surface area contributed by atoms with Crippen LogP contribution in [0.2, 0.25) is 0 Å². The van der Waals surface area contributed by atoms with Crippen LogP contribution in [0, 0.1) is 5.92 Å². The summed E-state index contributed by atoms with van der Waals surface area (Å²) < 4.78 is 5.19. The van der Waals surface area contributed by atoms with E-state index in [-0.39, 0.29) is 0 Å². The minimum Gasteiger partial charge on any atom is -0.368 e. The van der Waals surface area contributed by atoms with Crippen molar-refractivity contribution in [1.29, 1.82) is 0 Å². The van der Waals surface area contributed by atoms with E-state index in [2.05, 4.69) is 45.4 Å². The van der Waals surface area contributed by atoms with Gasteiger partial charge in [0.1, 0.15) is 5.52 Å². The highest BCUT2D eigenvalue weighted by molar-refractivity contribution is 7.99. The highest BCUT2D eigenvalue weighted by Gasteiger charge is 2.18.